The Hall–Kier alpha value is -3.93. The van der Waals surface area contributed by atoms with Crippen molar-refractivity contribution in [2.75, 3.05) is 10.6 Å². The summed E-state index contributed by atoms with van der Waals surface area (Å²) in [6, 6.07) is 21.4. The average molecular weight is 416 g/mol. The highest BCUT2D eigenvalue weighted by atomic mass is 16.5. The number of aryl methyl sites for hydroxylation is 2. The lowest BCUT2D eigenvalue weighted by Crippen LogP contribution is -2.17. The third-order valence-electron chi connectivity index (χ3n) is 4.57. The molecule has 0 atom stereocenters. The Labute approximate surface area is 181 Å². The lowest BCUT2D eigenvalue weighted by Gasteiger charge is -2.13. The number of carbonyl (C=O) groups excluding carboxylic acids is 3. The molecule has 3 aromatic rings. The minimum Gasteiger partial charge on any atom is -0.427 e. The summed E-state index contributed by atoms with van der Waals surface area (Å²) in [5, 5.41) is 5.66. The quantitative estimate of drug-likeness (QED) is 0.430. The Balaban J connectivity index is 1.64. The van der Waals surface area contributed by atoms with Gasteiger partial charge in [-0.1, -0.05) is 48.0 Å². The number of esters is 1. The van der Waals surface area contributed by atoms with E-state index in [1.807, 2.05) is 31.2 Å². The largest absolute Gasteiger partial charge is 0.427 e. The molecule has 0 aliphatic heterocycles. The van der Waals surface area contributed by atoms with E-state index < -0.39 is 5.97 Å². The number of benzene rings is 3. The maximum atomic E-state index is 12.7. The minimum absolute atomic E-state index is 0.140. The summed E-state index contributed by atoms with van der Waals surface area (Å²) in [4.78, 5) is 36.2. The van der Waals surface area contributed by atoms with Crippen molar-refractivity contribution in [3.05, 3.63) is 89.5 Å². The first-order valence-electron chi connectivity index (χ1n) is 9.95. The van der Waals surface area contributed by atoms with E-state index in [1.54, 1.807) is 42.5 Å². The number of nitrogens with one attached hydrogen (secondary N) is 2. The Morgan fingerprint density at radius 1 is 0.839 bits per heavy atom. The van der Waals surface area contributed by atoms with Gasteiger partial charge in [0.05, 0.1) is 11.4 Å². The molecule has 2 N–H and O–H groups in total. The van der Waals surface area contributed by atoms with Crippen LogP contribution >= 0.6 is 0 Å². The van der Waals surface area contributed by atoms with Gasteiger partial charge in [0, 0.05) is 18.9 Å². The summed E-state index contributed by atoms with van der Waals surface area (Å²) < 4.78 is 5.03. The van der Waals surface area contributed by atoms with Gasteiger partial charge in [0.25, 0.3) is 5.91 Å². The van der Waals surface area contributed by atoms with Gasteiger partial charge >= 0.3 is 5.97 Å². The van der Waals surface area contributed by atoms with Crippen LogP contribution in [0.1, 0.15) is 34.8 Å². The predicted octanol–water partition coefficient (Wildman–Crippen LogP) is 4.74. The second-order valence-electron chi connectivity index (χ2n) is 7.15. The van der Waals surface area contributed by atoms with Crippen LogP contribution in [0.25, 0.3) is 0 Å². The van der Waals surface area contributed by atoms with E-state index in [1.165, 1.54) is 18.6 Å². The summed E-state index contributed by atoms with van der Waals surface area (Å²) in [5.41, 5.74) is 3.60. The molecular formula is C25H24N2O4. The van der Waals surface area contributed by atoms with Crippen molar-refractivity contribution in [2.24, 2.45) is 0 Å². The van der Waals surface area contributed by atoms with Crippen molar-refractivity contribution in [1.82, 2.24) is 0 Å². The highest BCUT2D eigenvalue weighted by Crippen LogP contribution is 2.23. The predicted molar refractivity (Wildman–Crippen MR) is 120 cm³/mol. The normalized spacial score (nSPS) is 10.3. The first kappa shape index (κ1) is 21.8. The fourth-order valence-corrected chi connectivity index (χ4v) is 2.99. The number of ether oxygens (including phenoxy) is 1. The summed E-state index contributed by atoms with van der Waals surface area (Å²) >= 11 is 0. The van der Waals surface area contributed by atoms with Crippen LogP contribution in [0.2, 0.25) is 0 Å². The molecular weight excluding hydrogens is 392 g/mol. The summed E-state index contributed by atoms with van der Waals surface area (Å²) in [6.07, 6.45) is 0.958. The zero-order valence-electron chi connectivity index (χ0n) is 17.5. The molecule has 0 unspecified atom stereocenters. The van der Waals surface area contributed by atoms with Gasteiger partial charge in [0.15, 0.2) is 0 Å². The molecule has 0 radical (unpaired) electrons. The van der Waals surface area contributed by atoms with E-state index in [-0.39, 0.29) is 17.6 Å². The number of amides is 2. The highest BCUT2D eigenvalue weighted by molar-refractivity contribution is 6.07. The van der Waals surface area contributed by atoms with E-state index >= 15 is 0 Å². The van der Waals surface area contributed by atoms with Gasteiger partial charge in [-0.05, 0) is 49.2 Å². The first-order valence-corrected chi connectivity index (χ1v) is 9.95. The Bertz CT molecular complexity index is 1090. The van der Waals surface area contributed by atoms with E-state index in [9.17, 15) is 14.4 Å². The molecule has 3 aromatic carbocycles. The maximum absolute atomic E-state index is 12.7. The average Bonchev–Trinajstić information content (AvgIpc) is 2.74. The third-order valence-corrected chi connectivity index (χ3v) is 4.57. The van der Waals surface area contributed by atoms with Gasteiger partial charge < -0.3 is 15.4 Å². The topological polar surface area (TPSA) is 84.5 Å². The first-order chi connectivity index (χ1) is 14.9. The minimum atomic E-state index is -0.462. The van der Waals surface area contributed by atoms with Crippen LogP contribution in [0.15, 0.2) is 72.8 Å². The molecule has 0 aliphatic rings. The molecule has 6 heteroatoms. The van der Waals surface area contributed by atoms with Crippen molar-refractivity contribution in [3.8, 4) is 5.75 Å². The number of rotatable bonds is 7. The molecule has 0 bridgehead atoms. The molecule has 0 aromatic heterocycles. The zero-order chi connectivity index (χ0) is 22.2. The standard InChI is InChI=1S/C25H24N2O4/c1-17-10-12-19(13-11-17)14-15-24(29)26-22-8-3-4-9-23(22)27-25(30)20-6-5-7-21(16-20)31-18(2)28/h3-13,16H,14-15H2,1-2H3,(H,26,29)(H,27,30). The molecule has 6 nitrogen and oxygen atoms in total. The Morgan fingerprint density at radius 3 is 2.19 bits per heavy atom. The second-order valence-corrected chi connectivity index (χ2v) is 7.15. The monoisotopic (exact) mass is 416 g/mol. The van der Waals surface area contributed by atoms with Crippen molar-refractivity contribution >= 4 is 29.2 Å². The molecule has 0 saturated heterocycles. The number of hydrogen-bond acceptors (Lipinski definition) is 4. The number of hydrogen-bond donors (Lipinski definition) is 2. The van der Waals surface area contributed by atoms with Gasteiger partial charge in [-0.3, -0.25) is 14.4 Å². The molecule has 2 amide bonds. The zero-order valence-corrected chi connectivity index (χ0v) is 17.5. The summed E-state index contributed by atoms with van der Waals surface area (Å²) in [7, 11) is 0. The molecule has 0 spiro atoms. The van der Waals surface area contributed by atoms with Crippen molar-refractivity contribution in [2.45, 2.75) is 26.7 Å². The number of para-hydroxylation sites is 2. The van der Waals surface area contributed by atoms with Gasteiger partial charge in [0.2, 0.25) is 5.91 Å². The van der Waals surface area contributed by atoms with Crippen LogP contribution < -0.4 is 15.4 Å². The van der Waals surface area contributed by atoms with E-state index in [0.717, 1.165) is 5.56 Å². The molecule has 31 heavy (non-hydrogen) atoms. The molecule has 0 heterocycles. The van der Waals surface area contributed by atoms with Crippen molar-refractivity contribution < 1.29 is 19.1 Å². The molecule has 0 fully saturated rings. The van der Waals surface area contributed by atoms with E-state index in [4.69, 9.17) is 4.74 Å². The highest BCUT2D eigenvalue weighted by Gasteiger charge is 2.12. The number of anilines is 2. The van der Waals surface area contributed by atoms with Crippen molar-refractivity contribution in [1.29, 1.82) is 0 Å². The van der Waals surface area contributed by atoms with E-state index in [2.05, 4.69) is 10.6 Å². The van der Waals surface area contributed by atoms with Crippen LogP contribution in [-0.4, -0.2) is 17.8 Å². The lowest BCUT2D eigenvalue weighted by atomic mass is 10.1. The van der Waals surface area contributed by atoms with Crippen LogP contribution in [0.4, 0.5) is 11.4 Å². The molecule has 0 aliphatic carbocycles. The molecule has 0 saturated carbocycles. The van der Waals surface area contributed by atoms with Crippen LogP contribution in [0.3, 0.4) is 0 Å². The Kier molecular flexibility index (Phi) is 7.17. The Morgan fingerprint density at radius 2 is 1.52 bits per heavy atom. The SMILES string of the molecule is CC(=O)Oc1cccc(C(=O)Nc2ccccc2NC(=O)CCc2ccc(C)cc2)c1. The maximum Gasteiger partial charge on any atom is 0.308 e. The molecule has 3 rings (SSSR count). The van der Waals surface area contributed by atoms with Gasteiger partial charge in [-0.2, -0.15) is 0 Å². The second kappa shape index (κ2) is 10.2. The summed E-state index contributed by atoms with van der Waals surface area (Å²) in [5.74, 6) is -0.691. The third kappa shape index (κ3) is 6.54. The van der Waals surface area contributed by atoms with Crippen LogP contribution in [0.5, 0.6) is 5.75 Å². The fourth-order valence-electron chi connectivity index (χ4n) is 2.99. The smallest absolute Gasteiger partial charge is 0.308 e. The molecule has 158 valence electrons. The van der Waals surface area contributed by atoms with Crippen molar-refractivity contribution in [3.63, 3.8) is 0 Å². The lowest BCUT2D eigenvalue weighted by molar-refractivity contribution is -0.131. The van der Waals surface area contributed by atoms with Crippen LogP contribution in [0, 0.1) is 6.92 Å². The van der Waals surface area contributed by atoms with Gasteiger partial charge in [-0.25, -0.2) is 0 Å². The summed E-state index contributed by atoms with van der Waals surface area (Å²) in [6.45, 7) is 3.32. The van der Waals surface area contributed by atoms with Gasteiger partial charge in [-0.15, -0.1) is 0 Å². The van der Waals surface area contributed by atoms with E-state index in [0.29, 0.717) is 29.8 Å². The number of carbonyl (C=O) groups is 3. The van der Waals surface area contributed by atoms with Gasteiger partial charge in [0.1, 0.15) is 5.75 Å². The van der Waals surface area contributed by atoms with Crippen LogP contribution in [-0.2, 0) is 16.0 Å². The fraction of sp³-hybridized carbons (Fsp3) is 0.160.